The summed E-state index contributed by atoms with van der Waals surface area (Å²) < 4.78 is 0. The highest BCUT2D eigenvalue weighted by atomic mass is 16.6. The van der Waals surface area contributed by atoms with Crippen LogP contribution < -0.4 is 5.32 Å². The Labute approximate surface area is 112 Å². The van der Waals surface area contributed by atoms with Crippen LogP contribution in [-0.2, 0) is 0 Å². The first-order valence-corrected chi connectivity index (χ1v) is 6.70. The number of nitrogens with zero attached hydrogens (tertiary/aromatic N) is 1. The molecule has 19 heavy (non-hydrogen) atoms. The van der Waals surface area contributed by atoms with Gasteiger partial charge in [0.2, 0.25) is 0 Å². The second-order valence-electron chi connectivity index (χ2n) is 5.36. The topological polar surface area (TPSA) is 75.4 Å². The number of nitrogens with one attached hydrogen (secondary N) is 1. The fraction of sp³-hybridized carbons (Fsp3) is 0.571. The van der Waals surface area contributed by atoms with E-state index in [1.54, 1.807) is 12.1 Å². The summed E-state index contributed by atoms with van der Waals surface area (Å²) in [6.45, 7) is 2.70. The largest absolute Gasteiger partial charge is 0.390 e. The monoisotopic (exact) mass is 264 g/mol. The van der Waals surface area contributed by atoms with Crippen LogP contribution in [0.3, 0.4) is 0 Å². The Hall–Kier alpha value is -1.46. The summed E-state index contributed by atoms with van der Waals surface area (Å²) in [6, 6.07) is 6.71. The van der Waals surface area contributed by atoms with Crippen LogP contribution in [0.2, 0.25) is 0 Å². The fourth-order valence-electron chi connectivity index (χ4n) is 2.38. The number of benzene rings is 1. The number of hydrogen-bond donors (Lipinski definition) is 2. The molecule has 0 radical (unpaired) electrons. The number of nitro groups is 1. The molecule has 104 valence electrons. The van der Waals surface area contributed by atoms with Crippen LogP contribution in [-0.4, -0.2) is 22.2 Å². The molecule has 1 aliphatic rings. The zero-order valence-corrected chi connectivity index (χ0v) is 11.1. The Morgan fingerprint density at radius 1 is 1.53 bits per heavy atom. The van der Waals surface area contributed by atoms with Crippen LogP contribution in [0.5, 0.6) is 0 Å². The van der Waals surface area contributed by atoms with Gasteiger partial charge in [-0.05, 0) is 44.7 Å². The van der Waals surface area contributed by atoms with Gasteiger partial charge in [0.25, 0.3) is 5.69 Å². The maximum Gasteiger partial charge on any atom is 0.269 e. The van der Waals surface area contributed by atoms with Crippen molar-refractivity contribution in [2.45, 2.75) is 44.2 Å². The molecule has 1 fully saturated rings. The minimum atomic E-state index is -0.477. The van der Waals surface area contributed by atoms with Gasteiger partial charge in [-0.2, -0.15) is 0 Å². The number of aliphatic hydroxyl groups is 1. The molecule has 0 unspecified atom stereocenters. The maximum atomic E-state index is 10.7. The third-order valence-electron chi connectivity index (χ3n) is 3.91. The molecule has 2 N–H and O–H groups in total. The molecule has 1 aromatic rings. The summed E-state index contributed by atoms with van der Waals surface area (Å²) in [7, 11) is 0. The van der Waals surface area contributed by atoms with E-state index in [9.17, 15) is 15.2 Å². The van der Waals surface area contributed by atoms with Crippen LogP contribution in [0.15, 0.2) is 24.3 Å². The Kier molecular flexibility index (Phi) is 4.17. The highest BCUT2D eigenvalue weighted by molar-refractivity contribution is 5.35. The lowest BCUT2D eigenvalue weighted by Crippen LogP contribution is -2.39. The van der Waals surface area contributed by atoms with Crippen molar-refractivity contribution < 1.29 is 10.0 Å². The Balaban J connectivity index is 1.86. The summed E-state index contributed by atoms with van der Waals surface area (Å²) in [5, 5.41) is 24.0. The van der Waals surface area contributed by atoms with Crippen LogP contribution in [0.1, 0.15) is 44.2 Å². The van der Waals surface area contributed by atoms with Gasteiger partial charge in [0.15, 0.2) is 0 Å². The predicted molar refractivity (Wildman–Crippen MR) is 72.9 cm³/mol. The standard InChI is InChI=1S/C14H20N2O3/c1-11(15-9-8-14(17)6-3-7-14)12-4-2-5-13(10-12)16(18)19/h2,4-5,10-11,15,17H,3,6-9H2,1H3/t11-/m1/s1. The molecule has 0 aliphatic heterocycles. The molecule has 1 aliphatic carbocycles. The fourth-order valence-corrected chi connectivity index (χ4v) is 2.38. The van der Waals surface area contributed by atoms with Crippen molar-refractivity contribution in [3.05, 3.63) is 39.9 Å². The average Bonchev–Trinajstić information content (AvgIpc) is 2.36. The van der Waals surface area contributed by atoms with Crippen LogP contribution in [0.4, 0.5) is 5.69 Å². The van der Waals surface area contributed by atoms with Gasteiger partial charge in [-0.1, -0.05) is 12.1 Å². The summed E-state index contributed by atoms with van der Waals surface area (Å²) >= 11 is 0. The minimum Gasteiger partial charge on any atom is -0.390 e. The Morgan fingerprint density at radius 3 is 2.84 bits per heavy atom. The molecule has 0 saturated heterocycles. The SMILES string of the molecule is C[C@@H](NCCC1(O)CCC1)c1cccc([N+](=O)[O-])c1. The molecular formula is C14H20N2O3. The third-order valence-corrected chi connectivity index (χ3v) is 3.91. The zero-order chi connectivity index (χ0) is 13.9. The van der Waals surface area contributed by atoms with E-state index in [0.717, 1.165) is 37.8 Å². The summed E-state index contributed by atoms with van der Waals surface area (Å²) in [4.78, 5) is 10.3. The lowest BCUT2D eigenvalue weighted by molar-refractivity contribution is -0.384. The molecule has 0 amide bonds. The van der Waals surface area contributed by atoms with E-state index in [1.165, 1.54) is 6.07 Å². The highest BCUT2D eigenvalue weighted by Crippen LogP contribution is 2.34. The second kappa shape index (κ2) is 5.67. The van der Waals surface area contributed by atoms with Crippen molar-refractivity contribution in [1.82, 2.24) is 5.32 Å². The van der Waals surface area contributed by atoms with E-state index < -0.39 is 5.60 Å². The predicted octanol–water partition coefficient (Wildman–Crippen LogP) is 2.55. The van der Waals surface area contributed by atoms with Gasteiger partial charge in [-0.25, -0.2) is 0 Å². The molecule has 5 nitrogen and oxygen atoms in total. The number of non-ortho nitro benzene ring substituents is 1. The van der Waals surface area contributed by atoms with Gasteiger partial charge >= 0.3 is 0 Å². The smallest absolute Gasteiger partial charge is 0.269 e. The summed E-state index contributed by atoms with van der Waals surface area (Å²) in [6.07, 6.45) is 3.63. The van der Waals surface area contributed by atoms with Crippen LogP contribution in [0, 0.1) is 10.1 Å². The lowest BCUT2D eigenvalue weighted by atomic mass is 9.78. The first-order chi connectivity index (χ1) is 9.00. The van der Waals surface area contributed by atoms with Crippen molar-refractivity contribution in [3.8, 4) is 0 Å². The molecule has 0 bridgehead atoms. The van der Waals surface area contributed by atoms with E-state index >= 15 is 0 Å². The Morgan fingerprint density at radius 2 is 2.26 bits per heavy atom. The van der Waals surface area contributed by atoms with E-state index in [1.807, 2.05) is 13.0 Å². The third kappa shape index (κ3) is 3.52. The molecule has 1 aromatic carbocycles. The number of nitro benzene ring substituents is 1. The molecule has 1 atom stereocenters. The molecule has 0 heterocycles. The molecule has 5 heteroatoms. The van der Waals surface area contributed by atoms with Gasteiger partial charge < -0.3 is 10.4 Å². The molecule has 0 spiro atoms. The van der Waals surface area contributed by atoms with Gasteiger partial charge in [0.05, 0.1) is 10.5 Å². The Bertz CT molecular complexity index is 458. The maximum absolute atomic E-state index is 10.7. The second-order valence-corrected chi connectivity index (χ2v) is 5.36. The van der Waals surface area contributed by atoms with Crippen molar-refractivity contribution in [3.63, 3.8) is 0 Å². The average molecular weight is 264 g/mol. The summed E-state index contributed by atoms with van der Waals surface area (Å²) in [5.41, 5.74) is 0.536. The highest BCUT2D eigenvalue weighted by Gasteiger charge is 2.33. The molecule has 0 aromatic heterocycles. The lowest BCUT2D eigenvalue weighted by Gasteiger charge is -2.37. The van der Waals surface area contributed by atoms with E-state index in [4.69, 9.17) is 0 Å². The van der Waals surface area contributed by atoms with Crippen molar-refractivity contribution in [2.24, 2.45) is 0 Å². The number of hydrogen-bond acceptors (Lipinski definition) is 4. The van der Waals surface area contributed by atoms with Crippen molar-refractivity contribution in [1.29, 1.82) is 0 Å². The van der Waals surface area contributed by atoms with Crippen LogP contribution >= 0.6 is 0 Å². The van der Waals surface area contributed by atoms with Gasteiger partial charge in [-0.15, -0.1) is 0 Å². The van der Waals surface area contributed by atoms with Crippen LogP contribution in [0.25, 0.3) is 0 Å². The van der Waals surface area contributed by atoms with Gasteiger partial charge in [0.1, 0.15) is 0 Å². The van der Waals surface area contributed by atoms with Crippen molar-refractivity contribution >= 4 is 5.69 Å². The zero-order valence-electron chi connectivity index (χ0n) is 11.1. The summed E-state index contributed by atoms with van der Waals surface area (Å²) in [5.74, 6) is 0. The van der Waals surface area contributed by atoms with E-state index in [-0.39, 0.29) is 16.7 Å². The quantitative estimate of drug-likeness (QED) is 0.611. The minimum absolute atomic E-state index is 0.0450. The van der Waals surface area contributed by atoms with E-state index in [2.05, 4.69) is 5.32 Å². The number of rotatable bonds is 6. The molecule has 2 rings (SSSR count). The normalized spacial score (nSPS) is 18.6. The molecule has 1 saturated carbocycles. The first-order valence-electron chi connectivity index (χ1n) is 6.70. The van der Waals surface area contributed by atoms with Gasteiger partial charge in [-0.3, -0.25) is 10.1 Å². The molecular weight excluding hydrogens is 244 g/mol. The van der Waals surface area contributed by atoms with E-state index in [0.29, 0.717) is 0 Å². The first kappa shape index (κ1) is 14.0. The van der Waals surface area contributed by atoms with Gasteiger partial charge in [0, 0.05) is 18.2 Å². The van der Waals surface area contributed by atoms with Crippen molar-refractivity contribution in [2.75, 3.05) is 6.54 Å².